The highest BCUT2D eigenvalue weighted by atomic mass is 16.5. The number of aromatic nitrogens is 1. The lowest BCUT2D eigenvalue weighted by Gasteiger charge is -2.20. The third kappa shape index (κ3) is 4.29. The van der Waals surface area contributed by atoms with Crippen molar-refractivity contribution in [2.45, 2.75) is 46.1 Å². The fourth-order valence-corrected chi connectivity index (χ4v) is 2.82. The Morgan fingerprint density at radius 1 is 1.08 bits per heavy atom. The van der Waals surface area contributed by atoms with E-state index in [1.807, 2.05) is 18.2 Å². The van der Waals surface area contributed by atoms with Crippen LogP contribution in [-0.4, -0.2) is 17.6 Å². The summed E-state index contributed by atoms with van der Waals surface area (Å²) < 4.78 is 6.37. The first-order valence-corrected chi connectivity index (χ1v) is 8.51. The van der Waals surface area contributed by atoms with Crippen molar-refractivity contribution in [1.29, 1.82) is 0 Å². The van der Waals surface area contributed by atoms with Gasteiger partial charge in [-0.25, -0.2) is 0 Å². The van der Waals surface area contributed by atoms with E-state index < -0.39 is 0 Å². The zero-order valence-electron chi connectivity index (χ0n) is 15.5. The topological polar surface area (TPSA) is 60.3 Å². The van der Waals surface area contributed by atoms with Crippen molar-refractivity contribution in [2.24, 2.45) is 0 Å². The van der Waals surface area contributed by atoms with Gasteiger partial charge in [0.15, 0.2) is 5.75 Å². The Kier molecular flexibility index (Phi) is 6.02. The molecular weight excluding hydrogens is 316 g/mol. The number of carbonyl (C=O) groups is 1. The second kappa shape index (κ2) is 8.01. The minimum atomic E-state index is -0.318. The maximum Gasteiger partial charge on any atom is 0.293 e. The molecule has 25 heavy (non-hydrogen) atoms. The average Bonchev–Trinajstić information content (AvgIpc) is 2.56. The van der Waals surface area contributed by atoms with Crippen molar-refractivity contribution in [1.82, 2.24) is 4.57 Å². The molecule has 0 fully saturated rings. The van der Waals surface area contributed by atoms with Crippen LogP contribution in [0.1, 0.15) is 50.7 Å². The lowest BCUT2D eigenvalue weighted by atomic mass is 9.92. The highest BCUT2D eigenvalue weighted by Gasteiger charge is 2.16. The molecule has 1 aromatic heterocycles. The first-order valence-electron chi connectivity index (χ1n) is 8.51. The van der Waals surface area contributed by atoms with Gasteiger partial charge in [0.25, 0.3) is 5.56 Å². The van der Waals surface area contributed by atoms with Crippen LogP contribution in [0.15, 0.2) is 41.3 Å². The molecule has 5 heteroatoms. The van der Waals surface area contributed by atoms with Gasteiger partial charge in [0.05, 0.1) is 7.11 Å². The van der Waals surface area contributed by atoms with Gasteiger partial charge in [0.1, 0.15) is 6.54 Å². The summed E-state index contributed by atoms with van der Waals surface area (Å²) in [5.41, 5.74) is 2.73. The molecule has 1 amide bonds. The van der Waals surface area contributed by atoms with Crippen molar-refractivity contribution in [3.8, 4) is 5.75 Å². The van der Waals surface area contributed by atoms with Crippen LogP contribution < -0.4 is 15.6 Å². The second-order valence-electron chi connectivity index (χ2n) is 6.68. The third-order valence-corrected chi connectivity index (χ3v) is 4.16. The van der Waals surface area contributed by atoms with Crippen molar-refractivity contribution < 1.29 is 9.53 Å². The van der Waals surface area contributed by atoms with E-state index in [0.29, 0.717) is 0 Å². The Balaban J connectivity index is 2.31. The summed E-state index contributed by atoms with van der Waals surface area (Å²) in [6, 6.07) is 9.36. The molecule has 2 rings (SSSR count). The maximum atomic E-state index is 12.6. The zero-order valence-corrected chi connectivity index (χ0v) is 15.5. The number of nitrogens with zero attached hydrogens (tertiary/aromatic N) is 1. The molecule has 1 N–H and O–H groups in total. The molecule has 0 unspecified atom stereocenters. The lowest BCUT2D eigenvalue weighted by Crippen LogP contribution is -2.28. The Bertz CT molecular complexity index is 781. The normalized spacial score (nSPS) is 11.0. The van der Waals surface area contributed by atoms with E-state index in [0.717, 1.165) is 16.8 Å². The SMILES string of the molecule is COc1cccn(CC(=O)Nc2c(C(C)C)cccc2C(C)C)c1=O. The van der Waals surface area contributed by atoms with Crippen molar-refractivity contribution >= 4 is 11.6 Å². The minimum Gasteiger partial charge on any atom is -0.491 e. The number of benzene rings is 1. The van der Waals surface area contributed by atoms with Gasteiger partial charge in [0.2, 0.25) is 5.91 Å². The number of rotatable bonds is 6. The van der Waals surface area contributed by atoms with Gasteiger partial charge in [0, 0.05) is 11.9 Å². The zero-order chi connectivity index (χ0) is 18.6. The molecule has 0 aliphatic rings. The van der Waals surface area contributed by atoms with Gasteiger partial charge in [-0.3, -0.25) is 9.59 Å². The molecule has 0 aliphatic heterocycles. The number of ether oxygens (including phenoxy) is 1. The lowest BCUT2D eigenvalue weighted by molar-refractivity contribution is -0.116. The molecule has 0 aliphatic carbocycles. The molecule has 0 atom stereocenters. The molecule has 134 valence electrons. The van der Waals surface area contributed by atoms with Gasteiger partial charge in [-0.15, -0.1) is 0 Å². The second-order valence-corrected chi connectivity index (χ2v) is 6.68. The highest BCUT2D eigenvalue weighted by molar-refractivity contribution is 5.92. The van der Waals surface area contributed by atoms with E-state index in [9.17, 15) is 9.59 Å². The summed E-state index contributed by atoms with van der Waals surface area (Å²) in [5.74, 6) is 0.563. The Morgan fingerprint density at radius 2 is 1.68 bits per heavy atom. The summed E-state index contributed by atoms with van der Waals surface area (Å²) in [6.07, 6.45) is 1.59. The first-order chi connectivity index (χ1) is 11.8. The van der Waals surface area contributed by atoms with Crippen molar-refractivity contribution in [3.05, 3.63) is 58.0 Å². The van der Waals surface area contributed by atoms with Crippen LogP contribution in [0.3, 0.4) is 0 Å². The van der Waals surface area contributed by atoms with Gasteiger partial charge in [-0.05, 0) is 35.1 Å². The summed E-state index contributed by atoms with van der Waals surface area (Å²) in [6.45, 7) is 8.34. The largest absolute Gasteiger partial charge is 0.491 e. The van der Waals surface area contributed by atoms with Crippen LogP contribution in [0, 0.1) is 0 Å². The average molecular weight is 342 g/mol. The van der Waals surface area contributed by atoms with Gasteiger partial charge >= 0.3 is 0 Å². The fraction of sp³-hybridized carbons (Fsp3) is 0.400. The Morgan fingerprint density at radius 3 is 2.20 bits per heavy atom. The third-order valence-electron chi connectivity index (χ3n) is 4.16. The van der Waals surface area contributed by atoms with Crippen LogP contribution in [0.2, 0.25) is 0 Å². The highest BCUT2D eigenvalue weighted by Crippen LogP contribution is 2.32. The molecule has 0 spiro atoms. The molecule has 5 nitrogen and oxygen atoms in total. The summed E-state index contributed by atoms with van der Waals surface area (Å²) in [4.78, 5) is 24.8. The Labute approximate surface area is 148 Å². The number of hydrogen-bond acceptors (Lipinski definition) is 3. The van der Waals surface area contributed by atoms with E-state index in [-0.39, 0.29) is 35.6 Å². The van der Waals surface area contributed by atoms with E-state index in [2.05, 4.69) is 33.0 Å². The van der Waals surface area contributed by atoms with E-state index in [1.165, 1.54) is 11.7 Å². The molecule has 1 aromatic carbocycles. The van der Waals surface area contributed by atoms with Gasteiger partial charge in [-0.2, -0.15) is 0 Å². The van der Waals surface area contributed by atoms with Crippen LogP contribution in [0.25, 0.3) is 0 Å². The van der Waals surface area contributed by atoms with Gasteiger partial charge in [-0.1, -0.05) is 45.9 Å². The van der Waals surface area contributed by atoms with Crippen molar-refractivity contribution in [2.75, 3.05) is 12.4 Å². The van der Waals surface area contributed by atoms with Crippen LogP contribution >= 0.6 is 0 Å². The van der Waals surface area contributed by atoms with Crippen LogP contribution in [-0.2, 0) is 11.3 Å². The number of hydrogen-bond donors (Lipinski definition) is 1. The summed E-state index contributed by atoms with van der Waals surface area (Å²) in [5, 5.41) is 3.02. The number of anilines is 1. The summed E-state index contributed by atoms with van der Waals surface area (Å²) >= 11 is 0. The maximum absolute atomic E-state index is 12.6. The fourth-order valence-electron chi connectivity index (χ4n) is 2.82. The van der Waals surface area contributed by atoms with Crippen molar-refractivity contribution in [3.63, 3.8) is 0 Å². The summed E-state index contributed by atoms with van der Waals surface area (Å²) in [7, 11) is 1.44. The van der Waals surface area contributed by atoms with E-state index in [4.69, 9.17) is 4.74 Å². The molecule has 0 saturated carbocycles. The molecule has 1 heterocycles. The molecular formula is C20H26N2O3. The number of carbonyl (C=O) groups excluding carboxylic acids is 1. The quantitative estimate of drug-likeness (QED) is 0.870. The number of amides is 1. The molecule has 0 saturated heterocycles. The minimum absolute atomic E-state index is 0.0556. The standard InChI is InChI=1S/C20H26N2O3/c1-13(2)15-8-6-9-16(14(3)4)19(15)21-18(23)12-22-11-7-10-17(25-5)20(22)24/h6-11,13-14H,12H2,1-5H3,(H,21,23). The number of methoxy groups -OCH3 is 1. The predicted molar refractivity (Wildman–Crippen MR) is 101 cm³/mol. The molecule has 0 radical (unpaired) electrons. The molecule has 0 bridgehead atoms. The number of para-hydroxylation sites is 1. The number of nitrogens with one attached hydrogen (secondary N) is 1. The Hall–Kier alpha value is -2.56. The van der Waals surface area contributed by atoms with E-state index in [1.54, 1.807) is 18.3 Å². The first kappa shape index (κ1) is 18.8. The molecule has 2 aromatic rings. The van der Waals surface area contributed by atoms with Crippen LogP contribution in [0.4, 0.5) is 5.69 Å². The van der Waals surface area contributed by atoms with Gasteiger partial charge < -0.3 is 14.6 Å². The number of pyridine rings is 1. The van der Waals surface area contributed by atoms with E-state index >= 15 is 0 Å². The predicted octanol–water partition coefficient (Wildman–Crippen LogP) is 3.74. The smallest absolute Gasteiger partial charge is 0.293 e. The monoisotopic (exact) mass is 342 g/mol. The van der Waals surface area contributed by atoms with Crippen LogP contribution in [0.5, 0.6) is 5.75 Å².